The van der Waals surface area contributed by atoms with Crippen molar-refractivity contribution in [3.05, 3.63) is 59.2 Å². The Morgan fingerprint density at radius 3 is 2.10 bits per heavy atom. The molecule has 0 saturated carbocycles. The first-order valence-electron chi connectivity index (χ1n) is 5.92. The molecule has 0 bridgehead atoms. The van der Waals surface area contributed by atoms with Crippen LogP contribution in [0.25, 0.3) is 22.2 Å². The number of H-pyrrole nitrogens is 1. The van der Waals surface area contributed by atoms with Gasteiger partial charge in [-0.05, 0) is 18.2 Å². The van der Waals surface area contributed by atoms with E-state index in [2.05, 4.69) is 4.98 Å². The molecule has 106 valence electrons. The fourth-order valence-electron chi connectivity index (χ4n) is 2.29. The van der Waals surface area contributed by atoms with E-state index in [9.17, 15) is 22.4 Å². The monoisotopic (exact) mass is 293 g/mol. The summed E-state index contributed by atoms with van der Waals surface area (Å²) in [5.74, 6) is -3.42. The fraction of sp³-hybridized carbons (Fsp3) is 0. The first-order valence-corrected chi connectivity index (χ1v) is 5.92. The quantitative estimate of drug-likeness (QED) is 0.557. The smallest absolute Gasteiger partial charge is 0.152 e. The Labute approximate surface area is 116 Å². The first kappa shape index (κ1) is 13.4. The number of aromatic nitrogens is 1. The van der Waals surface area contributed by atoms with Gasteiger partial charge in [-0.25, -0.2) is 17.6 Å². The summed E-state index contributed by atoms with van der Waals surface area (Å²) in [7, 11) is 0. The van der Waals surface area contributed by atoms with Gasteiger partial charge < -0.3 is 4.98 Å². The Hall–Kier alpha value is -2.63. The van der Waals surface area contributed by atoms with Crippen molar-refractivity contribution < 1.29 is 22.4 Å². The highest BCUT2D eigenvalue weighted by atomic mass is 19.1. The van der Waals surface area contributed by atoms with E-state index >= 15 is 0 Å². The molecule has 0 spiro atoms. The predicted octanol–water partition coefficient (Wildman–Crippen LogP) is 4.20. The molecule has 2 aromatic carbocycles. The molecular weight excluding hydrogens is 286 g/mol. The molecule has 0 fully saturated rings. The second-order valence-corrected chi connectivity index (χ2v) is 4.50. The number of hydrogen-bond acceptors (Lipinski definition) is 1. The summed E-state index contributed by atoms with van der Waals surface area (Å²) < 4.78 is 53.5. The molecule has 1 heterocycles. The molecule has 3 aromatic rings. The standard InChI is InChI=1S/C15H7F4NO/c16-8-1-7(2-9(17)3-8)14-12(6-21)11-4-10(18)5-13(19)15(11)20-14/h1-6,20H. The van der Waals surface area contributed by atoms with Crippen LogP contribution in [0.5, 0.6) is 0 Å². The molecule has 2 nitrogen and oxygen atoms in total. The first-order chi connectivity index (χ1) is 9.99. The van der Waals surface area contributed by atoms with Crippen molar-refractivity contribution in [1.29, 1.82) is 0 Å². The minimum Gasteiger partial charge on any atom is -0.352 e. The molecule has 3 rings (SSSR count). The molecule has 0 unspecified atom stereocenters. The number of aromatic amines is 1. The number of carbonyl (C=O) groups is 1. The van der Waals surface area contributed by atoms with Crippen molar-refractivity contribution in [2.75, 3.05) is 0 Å². The molecular formula is C15H7F4NO. The van der Waals surface area contributed by atoms with Crippen molar-refractivity contribution >= 4 is 17.2 Å². The summed E-state index contributed by atoms with van der Waals surface area (Å²) in [4.78, 5) is 13.8. The van der Waals surface area contributed by atoms with Crippen LogP contribution in [0.4, 0.5) is 17.6 Å². The van der Waals surface area contributed by atoms with Crippen molar-refractivity contribution in [1.82, 2.24) is 4.98 Å². The van der Waals surface area contributed by atoms with E-state index < -0.39 is 23.3 Å². The summed E-state index contributed by atoms with van der Waals surface area (Å²) in [5.41, 5.74) is -0.0972. The number of halogens is 4. The van der Waals surface area contributed by atoms with Gasteiger partial charge in [0.2, 0.25) is 0 Å². The molecule has 1 aromatic heterocycles. The summed E-state index contributed by atoms with van der Waals surface area (Å²) in [5, 5.41) is 0.0159. The van der Waals surface area contributed by atoms with E-state index in [-0.39, 0.29) is 27.7 Å². The third-order valence-electron chi connectivity index (χ3n) is 3.13. The second kappa shape index (κ2) is 4.73. The minimum atomic E-state index is -0.892. The van der Waals surface area contributed by atoms with Gasteiger partial charge in [0, 0.05) is 28.6 Å². The maximum Gasteiger partial charge on any atom is 0.152 e. The van der Waals surface area contributed by atoms with Crippen LogP contribution in [-0.2, 0) is 0 Å². The highest BCUT2D eigenvalue weighted by molar-refractivity contribution is 6.04. The van der Waals surface area contributed by atoms with Crippen LogP contribution in [0, 0.1) is 23.3 Å². The lowest BCUT2D eigenvalue weighted by atomic mass is 10.1. The normalized spacial score (nSPS) is 11.0. The SMILES string of the molecule is O=Cc1c(-c2cc(F)cc(F)c2)[nH]c2c(F)cc(F)cc12. The molecule has 0 amide bonds. The summed E-state index contributed by atoms with van der Waals surface area (Å²) in [6.07, 6.45) is 0.385. The van der Waals surface area contributed by atoms with E-state index in [0.29, 0.717) is 18.4 Å². The van der Waals surface area contributed by atoms with Gasteiger partial charge in [0.1, 0.15) is 23.3 Å². The van der Waals surface area contributed by atoms with Crippen molar-refractivity contribution in [2.24, 2.45) is 0 Å². The Bertz CT molecular complexity index is 849. The number of aldehydes is 1. The molecule has 6 heteroatoms. The van der Waals surface area contributed by atoms with E-state index in [0.717, 1.165) is 18.2 Å². The molecule has 0 aliphatic carbocycles. The highest BCUT2D eigenvalue weighted by Crippen LogP contribution is 2.31. The van der Waals surface area contributed by atoms with Crippen LogP contribution in [0.2, 0.25) is 0 Å². The van der Waals surface area contributed by atoms with Crippen LogP contribution in [0.15, 0.2) is 30.3 Å². The van der Waals surface area contributed by atoms with Crippen molar-refractivity contribution in [3.63, 3.8) is 0 Å². The van der Waals surface area contributed by atoms with Gasteiger partial charge in [-0.2, -0.15) is 0 Å². The molecule has 0 atom stereocenters. The van der Waals surface area contributed by atoms with Gasteiger partial charge in [0.15, 0.2) is 6.29 Å². The van der Waals surface area contributed by atoms with Crippen LogP contribution >= 0.6 is 0 Å². The molecule has 1 N–H and O–H groups in total. The lowest BCUT2D eigenvalue weighted by Gasteiger charge is -2.01. The average molecular weight is 293 g/mol. The van der Waals surface area contributed by atoms with E-state index in [4.69, 9.17) is 0 Å². The Balaban J connectivity index is 2.37. The number of rotatable bonds is 2. The van der Waals surface area contributed by atoms with Crippen LogP contribution < -0.4 is 0 Å². The van der Waals surface area contributed by atoms with Gasteiger partial charge >= 0.3 is 0 Å². The average Bonchev–Trinajstić information content (AvgIpc) is 2.76. The number of nitrogens with one attached hydrogen (secondary N) is 1. The van der Waals surface area contributed by atoms with Gasteiger partial charge in [-0.3, -0.25) is 4.79 Å². The Kier molecular flexibility index (Phi) is 3.01. The molecule has 0 radical (unpaired) electrons. The Morgan fingerprint density at radius 2 is 1.48 bits per heavy atom. The molecule has 0 saturated heterocycles. The topological polar surface area (TPSA) is 32.9 Å². The molecule has 0 aliphatic heterocycles. The number of fused-ring (bicyclic) bond motifs is 1. The summed E-state index contributed by atoms with van der Waals surface area (Å²) in [6.45, 7) is 0. The zero-order chi connectivity index (χ0) is 15.1. The van der Waals surface area contributed by atoms with Gasteiger partial charge in [0.05, 0.1) is 11.2 Å². The van der Waals surface area contributed by atoms with Crippen molar-refractivity contribution in [2.45, 2.75) is 0 Å². The highest BCUT2D eigenvalue weighted by Gasteiger charge is 2.17. The van der Waals surface area contributed by atoms with E-state index in [1.165, 1.54) is 0 Å². The maximum atomic E-state index is 13.7. The number of carbonyl (C=O) groups excluding carboxylic acids is 1. The zero-order valence-electron chi connectivity index (χ0n) is 10.4. The minimum absolute atomic E-state index is 0.0159. The third-order valence-corrected chi connectivity index (χ3v) is 3.13. The predicted molar refractivity (Wildman–Crippen MR) is 69.0 cm³/mol. The van der Waals surface area contributed by atoms with Gasteiger partial charge in [-0.15, -0.1) is 0 Å². The van der Waals surface area contributed by atoms with E-state index in [1.54, 1.807) is 0 Å². The fourth-order valence-corrected chi connectivity index (χ4v) is 2.29. The van der Waals surface area contributed by atoms with Crippen LogP contribution in [-0.4, -0.2) is 11.3 Å². The largest absolute Gasteiger partial charge is 0.352 e. The van der Waals surface area contributed by atoms with E-state index in [1.807, 2.05) is 0 Å². The molecule has 0 aliphatic rings. The van der Waals surface area contributed by atoms with Gasteiger partial charge in [0.25, 0.3) is 0 Å². The van der Waals surface area contributed by atoms with Crippen LogP contribution in [0.3, 0.4) is 0 Å². The summed E-state index contributed by atoms with van der Waals surface area (Å²) in [6, 6.07) is 4.30. The zero-order valence-corrected chi connectivity index (χ0v) is 10.4. The lowest BCUT2D eigenvalue weighted by molar-refractivity contribution is 0.112. The maximum absolute atomic E-state index is 13.7. The van der Waals surface area contributed by atoms with Gasteiger partial charge in [-0.1, -0.05) is 0 Å². The van der Waals surface area contributed by atoms with Crippen molar-refractivity contribution in [3.8, 4) is 11.3 Å². The summed E-state index contributed by atoms with van der Waals surface area (Å²) >= 11 is 0. The van der Waals surface area contributed by atoms with Crippen LogP contribution in [0.1, 0.15) is 10.4 Å². The Morgan fingerprint density at radius 1 is 0.857 bits per heavy atom. The number of hydrogen-bond donors (Lipinski definition) is 1. The second-order valence-electron chi connectivity index (χ2n) is 4.50. The number of benzene rings is 2. The lowest BCUT2D eigenvalue weighted by Crippen LogP contribution is -1.88. The third kappa shape index (κ3) is 2.18. The molecule has 21 heavy (non-hydrogen) atoms.